The molecule has 0 aliphatic carbocycles. The van der Waals surface area contributed by atoms with Gasteiger partial charge in [-0.1, -0.05) is 26.0 Å². The van der Waals surface area contributed by atoms with Crippen LogP contribution >= 0.6 is 23.5 Å². The van der Waals surface area contributed by atoms with E-state index in [4.69, 9.17) is 0 Å². The number of nitrogens with zero attached hydrogens (tertiary/aromatic N) is 3. The minimum Gasteiger partial charge on any atom is -0.322 e. The molecule has 1 aromatic heterocycles. The van der Waals surface area contributed by atoms with Crippen molar-refractivity contribution in [2.75, 3.05) is 5.32 Å². The molecule has 1 heterocycles. The molecular weight excluding hydrogens is 364 g/mol. The van der Waals surface area contributed by atoms with Crippen LogP contribution in [0.5, 0.6) is 0 Å². The van der Waals surface area contributed by atoms with Crippen LogP contribution in [-0.2, 0) is 7.05 Å². The maximum Gasteiger partial charge on any atom is 0.256 e. The minimum atomic E-state index is -0.0949. The Labute approximate surface area is 161 Å². The summed E-state index contributed by atoms with van der Waals surface area (Å²) in [4.78, 5) is 14.7. The zero-order valence-electron chi connectivity index (χ0n) is 14.8. The number of aromatic nitrogens is 3. The van der Waals surface area contributed by atoms with Crippen LogP contribution in [-0.4, -0.2) is 25.9 Å². The molecule has 0 unspecified atom stereocenters. The summed E-state index contributed by atoms with van der Waals surface area (Å²) < 4.78 is 1.86. The molecule has 0 aliphatic heterocycles. The van der Waals surface area contributed by atoms with E-state index < -0.39 is 0 Å². The summed E-state index contributed by atoms with van der Waals surface area (Å²) in [5.74, 6) is -0.0949. The number of amides is 1. The largest absolute Gasteiger partial charge is 0.322 e. The lowest BCUT2D eigenvalue weighted by atomic mass is 10.2. The molecule has 0 bridgehead atoms. The Bertz CT molecular complexity index is 891. The van der Waals surface area contributed by atoms with Crippen LogP contribution in [0.15, 0.2) is 69.8 Å². The van der Waals surface area contributed by atoms with Gasteiger partial charge < -0.3 is 9.88 Å². The van der Waals surface area contributed by atoms with E-state index >= 15 is 0 Å². The fourth-order valence-electron chi connectivity index (χ4n) is 2.29. The van der Waals surface area contributed by atoms with E-state index in [1.165, 1.54) is 11.8 Å². The molecule has 26 heavy (non-hydrogen) atoms. The van der Waals surface area contributed by atoms with Crippen molar-refractivity contribution in [2.45, 2.75) is 34.0 Å². The van der Waals surface area contributed by atoms with Crippen LogP contribution in [0.25, 0.3) is 0 Å². The molecule has 0 fully saturated rings. The molecule has 2 aromatic carbocycles. The number of carbonyl (C=O) groups is 1. The molecule has 134 valence electrons. The first kappa shape index (κ1) is 18.5. The molecule has 1 amide bonds. The SMILES string of the molecule is CC(C)Sc1ccccc1C(=O)Nc1ccc(Sc2nncn2C)cc1. The van der Waals surface area contributed by atoms with Gasteiger partial charge in [-0.3, -0.25) is 4.79 Å². The first-order valence-electron chi connectivity index (χ1n) is 8.22. The van der Waals surface area contributed by atoms with Crippen LogP contribution < -0.4 is 5.32 Å². The van der Waals surface area contributed by atoms with E-state index in [1.807, 2.05) is 60.1 Å². The Morgan fingerprint density at radius 3 is 2.50 bits per heavy atom. The molecule has 0 atom stereocenters. The molecule has 5 nitrogen and oxygen atoms in total. The fourth-order valence-corrected chi connectivity index (χ4v) is 4.00. The number of carbonyl (C=O) groups excluding carboxylic acids is 1. The maximum atomic E-state index is 12.7. The average Bonchev–Trinajstić information content (AvgIpc) is 3.01. The molecule has 3 rings (SSSR count). The standard InChI is InChI=1S/C19H20N4OS2/c1-13(2)25-17-7-5-4-6-16(17)18(24)21-14-8-10-15(11-9-14)26-19-22-20-12-23(19)3/h4-13H,1-3H3,(H,21,24). The summed E-state index contributed by atoms with van der Waals surface area (Å²) in [6, 6.07) is 15.4. The van der Waals surface area contributed by atoms with Gasteiger partial charge in [0.05, 0.1) is 5.56 Å². The molecule has 0 saturated heterocycles. The van der Waals surface area contributed by atoms with Crippen molar-refractivity contribution in [3.63, 3.8) is 0 Å². The monoisotopic (exact) mass is 384 g/mol. The number of rotatable bonds is 6. The lowest BCUT2D eigenvalue weighted by Gasteiger charge is -2.11. The number of thioether (sulfide) groups is 1. The van der Waals surface area contributed by atoms with Crippen molar-refractivity contribution in [3.05, 3.63) is 60.4 Å². The van der Waals surface area contributed by atoms with Gasteiger partial charge in [0, 0.05) is 27.8 Å². The highest BCUT2D eigenvalue weighted by atomic mass is 32.2. The van der Waals surface area contributed by atoms with Gasteiger partial charge in [0.2, 0.25) is 0 Å². The Balaban J connectivity index is 1.69. The summed E-state index contributed by atoms with van der Waals surface area (Å²) in [7, 11) is 1.91. The smallest absolute Gasteiger partial charge is 0.256 e. The number of hydrogen-bond donors (Lipinski definition) is 1. The lowest BCUT2D eigenvalue weighted by molar-refractivity contribution is 0.102. The van der Waals surface area contributed by atoms with Crippen molar-refractivity contribution in [1.82, 2.24) is 14.8 Å². The van der Waals surface area contributed by atoms with Crippen LogP contribution in [0, 0.1) is 0 Å². The van der Waals surface area contributed by atoms with Crippen LogP contribution in [0.1, 0.15) is 24.2 Å². The van der Waals surface area contributed by atoms with E-state index in [-0.39, 0.29) is 5.91 Å². The number of nitrogens with one attached hydrogen (secondary N) is 1. The summed E-state index contributed by atoms with van der Waals surface area (Å²) in [5, 5.41) is 12.1. The highest BCUT2D eigenvalue weighted by Crippen LogP contribution is 2.28. The predicted octanol–water partition coefficient (Wildman–Crippen LogP) is 4.72. The highest BCUT2D eigenvalue weighted by Gasteiger charge is 2.13. The van der Waals surface area contributed by atoms with Gasteiger partial charge in [-0.15, -0.1) is 22.0 Å². The third-order valence-electron chi connectivity index (χ3n) is 3.49. The summed E-state index contributed by atoms with van der Waals surface area (Å²) in [6.45, 7) is 4.24. The second-order valence-corrected chi connectivity index (χ2v) is 8.63. The lowest BCUT2D eigenvalue weighted by Crippen LogP contribution is -2.13. The van der Waals surface area contributed by atoms with E-state index in [2.05, 4.69) is 29.4 Å². The quantitative estimate of drug-likeness (QED) is 0.623. The molecular formula is C19H20N4OS2. The van der Waals surface area contributed by atoms with Crippen molar-refractivity contribution >= 4 is 35.1 Å². The summed E-state index contributed by atoms with van der Waals surface area (Å²) >= 11 is 3.22. The first-order valence-corrected chi connectivity index (χ1v) is 9.91. The van der Waals surface area contributed by atoms with Crippen molar-refractivity contribution in [3.8, 4) is 0 Å². The van der Waals surface area contributed by atoms with E-state index in [9.17, 15) is 4.79 Å². The normalized spacial score (nSPS) is 10.9. The summed E-state index contributed by atoms with van der Waals surface area (Å²) in [5.41, 5.74) is 1.46. The van der Waals surface area contributed by atoms with Gasteiger partial charge in [0.15, 0.2) is 5.16 Å². The Kier molecular flexibility index (Phi) is 6.00. The van der Waals surface area contributed by atoms with Gasteiger partial charge in [-0.25, -0.2) is 0 Å². The Hall–Kier alpha value is -2.25. The second-order valence-electron chi connectivity index (χ2n) is 5.97. The second kappa shape index (κ2) is 8.42. The molecule has 1 N–H and O–H groups in total. The van der Waals surface area contributed by atoms with Crippen molar-refractivity contribution in [1.29, 1.82) is 0 Å². The molecule has 3 aromatic rings. The maximum absolute atomic E-state index is 12.7. The van der Waals surface area contributed by atoms with Crippen molar-refractivity contribution in [2.24, 2.45) is 7.05 Å². The van der Waals surface area contributed by atoms with Gasteiger partial charge in [-0.2, -0.15) is 0 Å². The van der Waals surface area contributed by atoms with Gasteiger partial charge in [0.1, 0.15) is 6.33 Å². The van der Waals surface area contributed by atoms with Crippen LogP contribution in [0.4, 0.5) is 5.69 Å². The summed E-state index contributed by atoms with van der Waals surface area (Å²) in [6.07, 6.45) is 1.67. The predicted molar refractivity (Wildman–Crippen MR) is 107 cm³/mol. The van der Waals surface area contributed by atoms with Gasteiger partial charge in [-0.05, 0) is 48.2 Å². The number of hydrogen-bond acceptors (Lipinski definition) is 5. The number of benzene rings is 2. The molecule has 7 heteroatoms. The molecule has 0 radical (unpaired) electrons. The number of anilines is 1. The first-order chi connectivity index (χ1) is 12.5. The zero-order chi connectivity index (χ0) is 18.5. The van der Waals surface area contributed by atoms with Gasteiger partial charge >= 0.3 is 0 Å². The minimum absolute atomic E-state index is 0.0949. The molecule has 0 aliphatic rings. The molecule has 0 saturated carbocycles. The zero-order valence-corrected chi connectivity index (χ0v) is 16.5. The van der Waals surface area contributed by atoms with E-state index in [0.29, 0.717) is 10.8 Å². The number of aryl methyl sites for hydroxylation is 1. The van der Waals surface area contributed by atoms with E-state index in [0.717, 1.165) is 20.6 Å². The third-order valence-corrected chi connectivity index (χ3v) is 5.63. The average molecular weight is 385 g/mol. The van der Waals surface area contributed by atoms with Crippen LogP contribution in [0.2, 0.25) is 0 Å². The van der Waals surface area contributed by atoms with Crippen LogP contribution in [0.3, 0.4) is 0 Å². The van der Waals surface area contributed by atoms with Gasteiger partial charge in [0.25, 0.3) is 5.91 Å². The fraction of sp³-hybridized carbons (Fsp3) is 0.211. The third kappa shape index (κ3) is 4.68. The molecule has 0 spiro atoms. The van der Waals surface area contributed by atoms with E-state index in [1.54, 1.807) is 18.1 Å². The Morgan fingerprint density at radius 2 is 1.85 bits per heavy atom. The topological polar surface area (TPSA) is 59.8 Å². The highest BCUT2D eigenvalue weighted by molar-refractivity contribution is 8.00. The Morgan fingerprint density at radius 1 is 1.12 bits per heavy atom. The van der Waals surface area contributed by atoms with Crippen molar-refractivity contribution < 1.29 is 4.79 Å².